The normalized spacial score (nSPS) is 20.4. The van der Waals surface area contributed by atoms with Crippen LogP contribution in [-0.2, 0) is 0 Å². The smallest absolute Gasteiger partial charge is 0.227 e. The summed E-state index contributed by atoms with van der Waals surface area (Å²) >= 11 is 6.26. The Morgan fingerprint density at radius 2 is 1.67 bits per heavy atom. The van der Waals surface area contributed by atoms with Gasteiger partial charge >= 0.3 is 0 Å². The van der Waals surface area contributed by atoms with Gasteiger partial charge in [-0.1, -0.05) is 23.7 Å². The van der Waals surface area contributed by atoms with Gasteiger partial charge in [-0.15, -0.1) is 0 Å². The lowest BCUT2D eigenvalue weighted by Gasteiger charge is -2.41. The lowest BCUT2D eigenvalue weighted by atomic mass is 9.89. The minimum atomic E-state index is 0.405. The molecule has 3 N–H and O–H groups in total. The number of hydrogen-bond donors (Lipinski definition) is 2. The van der Waals surface area contributed by atoms with Gasteiger partial charge in [-0.3, -0.25) is 4.90 Å². The Morgan fingerprint density at radius 1 is 0.929 bits per heavy atom. The van der Waals surface area contributed by atoms with Crippen molar-refractivity contribution >= 4 is 51.0 Å². The van der Waals surface area contributed by atoms with Crippen LogP contribution in [0.4, 0.5) is 17.5 Å². The van der Waals surface area contributed by atoms with Crippen LogP contribution in [-0.4, -0.2) is 73.6 Å². The molecule has 1 saturated heterocycles. The zero-order chi connectivity index (χ0) is 28.8. The molecule has 0 radical (unpaired) electrons. The zero-order valence-electron chi connectivity index (χ0n) is 24.1. The van der Waals surface area contributed by atoms with Crippen LogP contribution in [0.15, 0.2) is 55.1 Å². The number of aryl methyl sites for hydroxylation is 1. The van der Waals surface area contributed by atoms with Gasteiger partial charge in [0.15, 0.2) is 0 Å². The molecule has 2 aliphatic rings. The Kier molecular flexibility index (Phi) is 7.17. The number of piperazine rings is 1. The fourth-order valence-corrected chi connectivity index (χ4v) is 6.95. The molecule has 10 heteroatoms. The van der Waals surface area contributed by atoms with Crippen molar-refractivity contribution in [2.45, 2.75) is 44.7 Å². The molecule has 3 aromatic heterocycles. The molecule has 0 amide bonds. The van der Waals surface area contributed by atoms with Crippen LogP contribution in [0.3, 0.4) is 0 Å². The largest absolute Gasteiger partial charge is 0.383 e. The van der Waals surface area contributed by atoms with E-state index in [1.54, 1.807) is 6.33 Å². The Hall–Kier alpha value is -3.79. The van der Waals surface area contributed by atoms with Gasteiger partial charge in [0, 0.05) is 72.3 Å². The summed E-state index contributed by atoms with van der Waals surface area (Å²) in [5.74, 6) is 1.04. The molecule has 1 aliphatic heterocycles. The Labute approximate surface area is 250 Å². The highest BCUT2D eigenvalue weighted by molar-refractivity contribution is 6.31. The first-order chi connectivity index (χ1) is 20.4. The van der Waals surface area contributed by atoms with Crippen molar-refractivity contribution in [1.82, 2.24) is 34.3 Å². The van der Waals surface area contributed by atoms with Crippen LogP contribution in [0.25, 0.3) is 33.1 Å². The standard InChI is InChI=1S/C32H36ClN9/c1-20-15-22(33)16-28-26(20)17-35-32(39-28)38-23-5-3-21(4-6-23)27-18-42(31-29(27)30(34)36-19-37-31)25-9-7-24(8-10-25)41-13-11-40(2)12-14-41/h3-6,15-19,24-25H,7-14H2,1-2H3,(H2,34,36,37)(H,35,38,39)/t24-,25-. The third-order valence-corrected chi connectivity index (χ3v) is 9.29. The molecule has 216 valence electrons. The number of benzene rings is 2. The molecule has 4 heterocycles. The molecule has 0 spiro atoms. The van der Waals surface area contributed by atoms with E-state index in [1.807, 2.05) is 37.4 Å². The molecule has 5 aromatic rings. The summed E-state index contributed by atoms with van der Waals surface area (Å²) in [6.07, 6.45) is 10.4. The van der Waals surface area contributed by atoms with E-state index in [0.717, 1.165) is 57.2 Å². The second-order valence-electron chi connectivity index (χ2n) is 11.8. The summed E-state index contributed by atoms with van der Waals surface area (Å²) in [5.41, 5.74) is 12.3. The molecule has 2 aromatic carbocycles. The molecular formula is C32H36ClN9. The van der Waals surface area contributed by atoms with Crippen LogP contribution < -0.4 is 11.1 Å². The maximum absolute atomic E-state index is 6.45. The second kappa shape index (κ2) is 11.1. The highest BCUT2D eigenvalue weighted by Gasteiger charge is 2.30. The van der Waals surface area contributed by atoms with Crippen LogP contribution in [0.5, 0.6) is 0 Å². The number of anilines is 3. The van der Waals surface area contributed by atoms with Gasteiger partial charge in [-0.2, -0.15) is 0 Å². The number of aromatic nitrogens is 5. The summed E-state index contributed by atoms with van der Waals surface area (Å²) in [4.78, 5) is 23.4. The average Bonchev–Trinajstić information content (AvgIpc) is 3.39. The summed E-state index contributed by atoms with van der Waals surface area (Å²) in [5, 5.41) is 5.90. The van der Waals surface area contributed by atoms with Gasteiger partial charge in [-0.05, 0) is 75.0 Å². The van der Waals surface area contributed by atoms with Gasteiger partial charge in [0.2, 0.25) is 5.95 Å². The number of nitrogens with one attached hydrogen (secondary N) is 1. The van der Waals surface area contributed by atoms with E-state index in [-0.39, 0.29) is 0 Å². The Morgan fingerprint density at radius 3 is 2.43 bits per heavy atom. The fourth-order valence-electron chi connectivity index (χ4n) is 6.68. The fraction of sp³-hybridized carbons (Fsp3) is 0.375. The van der Waals surface area contributed by atoms with E-state index in [9.17, 15) is 0 Å². The van der Waals surface area contributed by atoms with Gasteiger partial charge in [0.1, 0.15) is 17.8 Å². The molecule has 0 atom stereocenters. The Bertz CT molecular complexity index is 1730. The Balaban J connectivity index is 1.12. The monoisotopic (exact) mass is 581 g/mol. The summed E-state index contributed by atoms with van der Waals surface area (Å²) in [6.45, 7) is 6.70. The zero-order valence-corrected chi connectivity index (χ0v) is 24.8. The summed E-state index contributed by atoms with van der Waals surface area (Å²) in [6, 6.07) is 13.1. The van der Waals surface area contributed by atoms with Crippen molar-refractivity contribution in [2.24, 2.45) is 0 Å². The predicted octanol–water partition coefficient (Wildman–Crippen LogP) is 6.06. The van der Waals surface area contributed by atoms with E-state index in [4.69, 9.17) is 22.3 Å². The van der Waals surface area contributed by atoms with Gasteiger partial charge < -0.3 is 20.5 Å². The van der Waals surface area contributed by atoms with Crippen LogP contribution in [0.1, 0.15) is 37.3 Å². The molecule has 9 nitrogen and oxygen atoms in total. The molecule has 2 fully saturated rings. The number of hydrogen-bond acceptors (Lipinski definition) is 8. The van der Waals surface area contributed by atoms with Crippen molar-refractivity contribution in [3.63, 3.8) is 0 Å². The first kappa shape index (κ1) is 27.1. The number of fused-ring (bicyclic) bond motifs is 2. The van der Waals surface area contributed by atoms with Gasteiger partial charge in [0.25, 0.3) is 0 Å². The van der Waals surface area contributed by atoms with Crippen molar-refractivity contribution in [2.75, 3.05) is 44.3 Å². The third kappa shape index (κ3) is 5.17. The van der Waals surface area contributed by atoms with Crippen molar-refractivity contribution < 1.29 is 0 Å². The number of nitrogen functional groups attached to an aromatic ring is 1. The second-order valence-corrected chi connectivity index (χ2v) is 12.2. The van der Waals surface area contributed by atoms with Crippen molar-refractivity contribution in [1.29, 1.82) is 0 Å². The van der Waals surface area contributed by atoms with Crippen LogP contribution in [0, 0.1) is 6.92 Å². The van der Waals surface area contributed by atoms with Gasteiger partial charge in [-0.25, -0.2) is 19.9 Å². The van der Waals surface area contributed by atoms with E-state index >= 15 is 0 Å². The minimum absolute atomic E-state index is 0.405. The third-order valence-electron chi connectivity index (χ3n) is 9.08. The minimum Gasteiger partial charge on any atom is -0.383 e. The van der Waals surface area contributed by atoms with E-state index in [0.29, 0.717) is 28.9 Å². The summed E-state index contributed by atoms with van der Waals surface area (Å²) < 4.78 is 2.35. The quantitative estimate of drug-likeness (QED) is 0.258. The number of likely N-dealkylation sites (N-methyl/N-ethyl adjacent to an activating group) is 1. The maximum atomic E-state index is 6.45. The molecule has 0 unspecified atom stereocenters. The maximum Gasteiger partial charge on any atom is 0.227 e. The average molecular weight is 582 g/mol. The lowest BCUT2D eigenvalue weighted by molar-refractivity contribution is 0.0828. The molecule has 42 heavy (non-hydrogen) atoms. The predicted molar refractivity (Wildman–Crippen MR) is 170 cm³/mol. The lowest BCUT2D eigenvalue weighted by Crippen LogP contribution is -2.49. The number of nitrogens with two attached hydrogens (primary N) is 1. The van der Waals surface area contributed by atoms with E-state index < -0.39 is 0 Å². The molecule has 7 rings (SSSR count). The number of nitrogens with zero attached hydrogens (tertiary/aromatic N) is 7. The van der Waals surface area contributed by atoms with E-state index in [2.05, 4.69) is 60.0 Å². The molecular weight excluding hydrogens is 546 g/mol. The number of rotatable bonds is 5. The summed E-state index contributed by atoms with van der Waals surface area (Å²) in [7, 11) is 2.22. The van der Waals surface area contributed by atoms with Gasteiger partial charge in [0.05, 0.1) is 10.9 Å². The highest BCUT2D eigenvalue weighted by Crippen LogP contribution is 2.39. The first-order valence-corrected chi connectivity index (χ1v) is 15.1. The molecule has 1 saturated carbocycles. The molecule has 1 aliphatic carbocycles. The highest BCUT2D eigenvalue weighted by atomic mass is 35.5. The molecule has 0 bridgehead atoms. The van der Waals surface area contributed by atoms with Crippen molar-refractivity contribution in [3.05, 3.63) is 65.7 Å². The van der Waals surface area contributed by atoms with Crippen molar-refractivity contribution in [3.8, 4) is 11.1 Å². The van der Waals surface area contributed by atoms with Crippen LogP contribution >= 0.6 is 11.6 Å². The SMILES string of the molecule is Cc1cc(Cl)cc2nc(Nc3ccc(-c4cn([C@H]5CC[C@H](N6CCN(C)CC6)CC5)c5ncnc(N)c45)cc3)ncc12. The number of halogens is 1. The first-order valence-electron chi connectivity index (χ1n) is 14.8. The topological polar surface area (TPSA) is 101 Å². The van der Waals surface area contributed by atoms with Crippen LogP contribution in [0.2, 0.25) is 5.02 Å². The van der Waals surface area contributed by atoms with E-state index in [1.165, 1.54) is 39.0 Å².